The Balaban J connectivity index is 1.43. The molecule has 0 bridgehead atoms. The molecule has 2 aromatic carbocycles. The molecule has 0 unspecified atom stereocenters. The van der Waals surface area contributed by atoms with E-state index < -0.39 is 12.0 Å². The number of amides is 1. The van der Waals surface area contributed by atoms with Crippen LogP contribution in [0.5, 0.6) is 0 Å². The van der Waals surface area contributed by atoms with Gasteiger partial charge in [-0.05, 0) is 55.3 Å². The van der Waals surface area contributed by atoms with Crippen molar-refractivity contribution in [2.45, 2.75) is 38.3 Å². The lowest BCUT2D eigenvalue weighted by Crippen LogP contribution is -2.43. The van der Waals surface area contributed by atoms with Crippen LogP contribution in [0.4, 0.5) is 0 Å². The quantitative estimate of drug-likeness (QED) is 0.573. The Labute approximate surface area is 182 Å². The topological polar surface area (TPSA) is 74.4 Å². The van der Waals surface area contributed by atoms with Crippen LogP contribution in [-0.4, -0.2) is 48.0 Å². The van der Waals surface area contributed by atoms with E-state index in [1.54, 1.807) is 0 Å². The second-order valence-corrected chi connectivity index (χ2v) is 8.15. The third-order valence-corrected chi connectivity index (χ3v) is 5.96. The van der Waals surface area contributed by atoms with Crippen molar-refractivity contribution in [1.82, 2.24) is 15.2 Å². The fourth-order valence-electron chi connectivity index (χ4n) is 4.23. The lowest BCUT2D eigenvalue weighted by atomic mass is 10.0. The van der Waals surface area contributed by atoms with Crippen LogP contribution in [0.25, 0.3) is 10.9 Å². The van der Waals surface area contributed by atoms with Crippen molar-refractivity contribution < 1.29 is 14.3 Å². The highest BCUT2D eigenvalue weighted by Crippen LogP contribution is 2.20. The van der Waals surface area contributed by atoms with E-state index in [0.717, 1.165) is 36.1 Å². The van der Waals surface area contributed by atoms with Gasteiger partial charge >= 0.3 is 5.97 Å². The fourth-order valence-corrected chi connectivity index (χ4v) is 4.23. The van der Waals surface area contributed by atoms with Crippen molar-refractivity contribution in [2.75, 3.05) is 20.2 Å². The van der Waals surface area contributed by atoms with Gasteiger partial charge in [-0.2, -0.15) is 0 Å². The highest BCUT2D eigenvalue weighted by Gasteiger charge is 2.24. The molecule has 6 nitrogen and oxygen atoms in total. The molecule has 0 saturated carbocycles. The number of fused-ring (bicyclic) bond motifs is 1. The maximum absolute atomic E-state index is 12.8. The Hall–Kier alpha value is -3.12. The first-order valence-electron chi connectivity index (χ1n) is 10.9. The standard InChI is InChI=1S/C25H29N3O3/c1-31-25(30)23(15-20-16-26-22-8-4-3-7-21(20)22)27-24(29)19-11-9-18(10-12-19)17-28-13-5-2-6-14-28/h3-4,7-12,16,23,26H,2,5-6,13-15,17H2,1H3,(H,27,29)/t23-/m1/s1. The van der Waals surface area contributed by atoms with Crippen LogP contribution in [-0.2, 0) is 22.5 Å². The Morgan fingerprint density at radius 1 is 1.06 bits per heavy atom. The average molecular weight is 420 g/mol. The van der Waals surface area contributed by atoms with Crippen molar-refractivity contribution in [2.24, 2.45) is 0 Å². The smallest absolute Gasteiger partial charge is 0.328 e. The Bertz CT molecular complexity index is 1040. The van der Waals surface area contributed by atoms with Crippen molar-refractivity contribution in [3.8, 4) is 0 Å². The van der Waals surface area contributed by atoms with E-state index in [2.05, 4.69) is 15.2 Å². The zero-order chi connectivity index (χ0) is 21.6. The van der Waals surface area contributed by atoms with Crippen LogP contribution in [0, 0.1) is 0 Å². The van der Waals surface area contributed by atoms with E-state index in [-0.39, 0.29) is 5.91 Å². The summed E-state index contributed by atoms with van der Waals surface area (Å²) in [5.41, 5.74) is 3.69. The first kappa shape index (κ1) is 21.1. The van der Waals surface area contributed by atoms with Crippen molar-refractivity contribution in [1.29, 1.82) is 0 Å². The number of rotatable bonds is 7. The summed E-state index contributed by atoms with van der Waals surface area (Å²) in [6.45, 7) is 3.18. The molecule has 1 aromatic heterocycles. The van der Waals surface area contributed by atoms with E-state index >= 15 is 0 Å². The summed E-state index contributed by atoms with van der Waals surface area (Å²) in [5, 5.41) is 3.88. The number of ether oxygens (including phenoxy) is 1. The number of carbonyl (C=O) groups excluding carboxylic acids is 2. The number of H-pyrrole nitrogens is 1. The number of hydrogen-bond donors (Lipinski definition) is 2. The normalized spacial score (nSPS) is 15.5. The third-order valence-electron chi connectivity index (χ3n) is 5.96. The van der Waals surface area contributed by atoms with Crippen LogP contribution in [0.2, 0.25) is 0 Å². The van der Waals surface area contributed by atoms with Gasteiger partial charge in [0.2, 0.25) is 0 Å². The summed E-state index contributed by atoms with van der Waals surface area (Å²) in [6.07, 6.45) is 6.06. The van der Waals surface area contributed by atoms with E-state index in [4.69, 9.17) is 4.74 Å². The SMILES string of the molecule is COC(=O)[C@@H](Cc1c[nH]c2ccccc12)NC(=O)c1ccc(CN2CCCCC2)cc1. The molecule has 1 atom stereocenters. The van der Waals surface area contributed by atoms with Crippen molar-refractivity contribution in [3.63, 3.8) is 0 Å². The monoisotopic (exact) mass is 419 g/mol. The Kier molecular flexibility index (Phi) is 6.67. The van der Waals surface area contributed by atoms with Crippen LogP contribution < -0.4 is 5.32 Å². The highest BCUT2D eigenvalue weighted by atomic mass is 16.5. The minimum atomic E-state index is -0.760. The molecule has 1 amide bonds. The summed E-state index contributed by atoms with van der Waals surface area (Å²) >= 11 is 0. The number of carbonyl (C=O) groups is 2. The minimum Gasteiger partial charge on any atom is -0.467 e. The maximum atomic E-state index is 12.8. The van der Waals surface area contributed by atoms with E-state index in [1.165, 1.54) is 31.9 Å². The highest BCUT2D eigenvalue weighted by molar-refractivity contribution is 5.97. The summed E-state index contributed by atoms with van der Waals surface area (Å²) in [7, 11) is 1.34. The minimum absolute atomic E-state index is 0.278. The molecule has 4 rings (SSSR count). The molecule has 3 aromatic rings. The molecule has 162 valence electrons. The molecule has 1 saturated heterocycles. The molecule has 1 aliphatic heterocycles. The summed E-state index contributed by atoms with van der Waals surface area (Å²) in [6, 6.07) is 14.8. The second-order valence-electron chi connectivity index (χ2n) is 8.15. The molecule has 31 heavy (non-hydrogen) atoms. The van der Waals surface area contributed by atoms with Gasteiger partial charge in [0.05, 0.1) is 7.11 Å². The number of para-hydroxylation sites is 1. The number of nitrogens with zero attached hydrogens (tertiary/aromatic N) is 1. The number of aromatic amines is 1. The number of hydrogen-bond acceptors (Lipinski definition) is 4. The lowest BCUT2D eigenvalue weighted by Gasteiger charge is -2.26. The number of aromatic nitrogens is 1. The lowest BCUT2D eigenvalue weighted by molar-refractivity contribution is -0.142. The van der Waals surface area contributed by atoms with Gasteiger partial charge in [0.15, 0.2) is 0 Å². The van der Waals surface area contributed by atoms with Crippen LogP contribution in [0.3, 0.4) is 0 Å². The average Bonchev–Trinajstić information content (AvgIpc) is 3.22. The molecule has 1 aliphatic rings. The van der Waals surface area contributed by atoms with Gasteiger partial charge in [-0.25, -0.2) is 4.79 Å². The zero-order valence-corrected chi connectivity index (χ0v) is 17.9. The second kappa shape index (κ2) is 9.79. The third kappa shape index (κ3) is 5.14. The van der Waals surface area contributed by atoms with Crippen molar-refractivity contribution in [3.05, 3.63) is 71.4 Å². The molecule has 1 fully saturated rings. The molecule has 6 heteroatoms. The van der Waals surface area contributed by atoms with E-state index in [1.807, 2.05) is 54.7 Å². The van der Waals surface area contributed by atoms with E-state index in [0.29, 0.717) is 12.0 Å². The predicted octanol–water partition coefficient (Wildman–Crippen LogP) is 3.67. The first-order valence-corrected chi connectivity index (χ1v) is 10.9. The van der Waals surface area contributed by atoms with Gasteiger partial charge < -0.3 is 15.0 Å². The van der Waals surface area contributed by atoms with Crippen LogP contribution in [0.1, 0.15) is 40.7 Å². The molecular weight excluding hydrogens is 390 g/mol. The molecule has 0 aliphatic carbocycles. The largest absolute Gasteiger partial charge is 0.467 e. The zero-order valence-electron chi connectivity index (χ0n) is 17.9. The predicted molar refractivity (Wildman–Crippen MR) is 121 cm³/mol. The van der Waals surface area contributed by atoms with Crippen LogP contribution in [0.15, 0.2) is 54.7 Å². The molecular formula is C25H29N3O3. The molecule has 0 spiro atoms. The number of piperidine rings is 1. The molecule has 2 N–H and O–H groups in total. The number of nitrogens with one attached hydrogen (secondary N) is 2. The fraction of sp³-hybridized carbons (Fsp3) is 0.360. The van der Waals surface area contributed by atoms with Gasteiger partial charge in [0.25, 0.3) is 5.91 Å². The Morgan fingerprint density at radius 2 is 1.81 bits per heavy atom. The van der Waals surface area contributed by atoms with Gasteiger partial charge in [-0.1, -0.05) is 36.8 Å². The number of esters is 1. The van der Waals surface area contributed by atoms with Crippen molar-refractivity contribution >= 4 is 22.8 Å². The molecule has 0 radical (unpaired) electrons. The first-order chi connectivity index (χ1) is 15.1. The van der Waals surface area contributed by atoms with Crippen LogP contribution >= 0.6 is 0 Å². The summed E-state index contributed by atoms with van der Waals surface area (Å²) in [4.78, 5) is 30.9. The van der Waals surface area contributed by atoms with Gasteiger partial charge in [-0.3, -0.25) is 9.69 Å². The molecule has 2 heterocycles. The number of likely N-dealkylation sites (tertiary alicyclic amines) is 1. The number of methoxy groups -OCH3 is 1. The summed E-state index contributed by atoms with van der Waals surface area (Å²) < 4.78 is 4.94. The van der Waals surface area contributed by atoms with E-state index in [9.17, 15) is 9.59 Å². The van der Waals surface area contributed by atoms with Gasteiger partial charge in [-0.15, -0.1) is 0 Å². The summed E-state index contributed by atoms with van der Waals surface area (Å²) in [5.74, 6) is -0.736. The maximum Gasteiger partial charge on any atom is 0.328 e. The number of benzene rings is 2. The van der Waals surface area contributed by atoms with Gasteiger partial charge in [0, 0.05) is 35.6 Å². The Morgan fingerprint density at radius 3 is 2.55 bits per heavy atom. The van der Waals surface area contributed by atoms with Gasteiger partial charge in [0.1, 0.15) is 6.04 Å².